The van der Waals surface area contributed by atoms with Crippen molar-refractivity contribution in [3.8, 4) is 0 Å². The number of fused-ring (bicyclic) bond motifs is 1. The first-order valence-corrected chi connectivity index (χ1v) is 9.26. The van der Waals surface area contributed by atoms with Gasteiger partial charge in [0.1, 0.15) is 11.1 Å². The van der Waals surface area contributed by atoms with Gasteiger partial charge in [-0.15, -0.1) is 11.8 Å². The maximum Gasteiger partial charge on any atom is 0.355 e. The molecule has 2 aromatic rings. The lowest BCUT2D eigenvalue weighted by Crippen LogP contribution is -2.54. The number of aliphatic hydroxyl groups excluding tert-OH is 1. The van der Waals surface area contributed by atoms with Crippen LogP contribution in [0.15, 0.2) is 72.4 Å². The normalized spacial score (nSPS) is 21.7. The van der Waals surface area contributed by atoms with Crippen LogP contribution in [-0.2, 0) is 14.3 Å². The van der Waals surface area contributed by atoms with E-state index in [2.05, 4.69) is 0 Å². The molecule has 2 aromatic carbocycles. The van der Waals surface area contributed by atoms with Crippen molar-refractivity contribution in [2.24, 2.45) is 0 Å². The monoisotopic (exact) mass is 367 g/mol. The molecule has 2 aliphatic heterocycles. The van der Waals surface area contributed by atoms with Crippen LogP contribution in [0.5, 0.6) is 0 Å². The van der Waals surface area contributed by atoms with E-state index in [0.29, 0.717) is 6.42 Å². The largest absolute Gasteiger partial charge is 0.448 e. The van der Waals surface area contributed by atoms with Crippen molar-refractivity contribution < 1.29 is 19.4 Å². The Morgan fingerprint density at radius 2 is 1.65 bits per heavy atom. The molecule has 2 atom stereocenters. The molecule has 2 heterocycles. The minimum absolute atomic E-state index is 0.120. The van der Waals surface area contributed by atoms with E-state index in [0.717, 1.165) is 11.1 Å². The average Bonchev–Trinajstić information content (AvgIpc) is 2.66. The van der Waals surface area contributed by atoms with Gasteiger partial charge in [0.2, 0.25) is 5.91 Å². The number of rotatable bonds is 4. The van der Waals surface area contributed by atoms with Crippen LogP contribution in [0.2, 0.25) is 0 Å². The van der Waals surface area contributed by atoms with E-state index in [-0.39, 0.29) is 17.0 Å². The summed E-state index contributed by atoms with van der Waals surface area (Å²) in [5.74, 6) is -0.742. The van der Waals surface area contributed by atoms with Crippen LogP contribution in [0.25, 0.3) is 0 Å². The van der Waals surface area contributed by atoms with E-state index in [1.54, 1.807) is 0 Å². The van der Waals surface area contributed by atoms with Crippen molar-refractivity contribution in [2.45, 2.75) is 23.3 Å². The zero-order valence-electron chi connectivity index (χ0n) is 13.8. The predicted molar refractivity (Wildman–Crippen MR) is 97.8 cm³/mol. The number of hydrogen-bond acceptors (Lipinski definition) is 5. The number of esters is 1. The fourth-order valence-electron chi connectivity index (χ4n) is 3.12. The molecule has 2 aliphatic rings. The van der Waals surface area contributed by atoms with E-state index >= 15 is 0 Å². The van der Waals surface area contributed by atoms with Crippen molar-refractivity contribution >= 4 is 23.6 Å². The third-order valence-electron chi connectivity index (χ3n) is 4.40. The number of carbonyl (C=O) groups excluding carboxylic acids is 2. The van der Waals surface area contributed by atoms with Crippen LogP contribution in [-0.4, -0.2) is 32.7 Å². The molecule has 26 heavy (non-hydrogen) atoms. The van der Waals surface area contributed by atoms with E-state index < -0.39 is 17.5 Å². The van der Waals surface area contributed by atoms with Gasteiger partial charge >= 0.3 is 5.97 Å². The molecule has 0 spiro atoms. The Bertz CT molecular complexity index is 813. The Balaban J connectivity index is 1.64. The summed E-state index contributed by atoms with van der Waals surface area (Å²) < 4.78 is 5.79. The van der Waals surface area contributed by atoms with Crippen molar-refractivity contribution in [3.63, 3.8) is 0 Å². The quantitative estimate of drug-likeness (QED) is 0.665. The molecule has 1 saturated heterocycles. The summed E-state index contributed by atoms with van der Waals surface area (Å²) in [6.45, 7) is 0. The Hall–Kier alpha value is -2.57. The molecule has 1 unspecified atom stereocenters. The zero-order chi connectivity index (χ0) is 18.1. The van der Waals surface area contributed by atoms with E-state index in [4.69, 9.17) is 4.74 Å². The molecular formula is C20H17NO4S. The number of benzene rings is 2. The van der Waals surface area contributed by atoms with Crippen LogP contribution in [0.1, 0.15) is 23.7 Å². The summed E-state index contributed by atoms with van der Waals surface area (Å²) in [5.41, 5.74) is 0.975. The van der Waals surface area contributed by atoms with Crippen molar-refractivity contribution in [2.75, 3.05) is 0 Å². The molecule has 1 fully saturated rings. The Kier molecular flexibility index (Phi) is 4.53. The van der Waals surface area contributed by atoms with Crippen molar-refractivity contribution in [1.29, 1.82) is 0 Å². The number of carbonyl (C=O) groups is 2. The average molecular weight is 367 g/mol. The molecule has 1 N–H and O–H groups in total. The SMILES string of the molecule is O=C(OC(c1ccccc1)c1ccccc1)C1=CC(O)S[C@@H]2CC(=O)N12. The number of β-lactam (4-membered cyclic amide) rings is 1. The highest BCUT2D eigenvalue weighted by Crippen LogP contribution is 2.40. The number of ether oxygens (including phenoxy) is 1. The fraction of sp³-hybridized carbons (Fsp3) is 0.200. The van der Waals surface area contributed by atoms with E-state index in [1.807, 2.05) is 60.7 Å². The Morgan fingerprint density at radius 1 is 1.08 bits per heavy atom. The number of nitrogens with zero attached hydrogens (tertiary/aromatic N) is 1. The Labute approximate surface area is 155 Å². The second-order valence-electron chi connectivity index (χ2n) is 6.11. The number of aliphatic hydroxyl groups is 1. The third-order valence-corrected chi connectivity index (χ3v) is 5.51. The van der Waals surface area contributed by atoms with Gasteiger partial charge in [-0.1, -0.05) is 60.7 Å². The van der Waals surface area contributed by atoms with Gasteiger partial charge in [0, 0.05) is 0 Å². The van der Waals surface area contributed by atoms with Gasteiger partial charge in [0.25, 0.3) is 0 Å². The van der Waals surface area contributed by atoms with Crippen LogP contribution in [0.3, 0.4) is 0 Å². The summed E-state index contributed by atoms with van der Waals surface area (Å²) in [5, 5.41) is 9.75. The first kappa shape index (κ1) is 16.9. The fourth-order valence-corrected chi connectivity index (χ4v) is 4.24. The molecule has 6 heteroatoms. The number of thioether (sulfide) groups is 1. The molecule has 0 bridgehead atoms. The molecule has 0 radical (unpaired) electrons. The van der Waals surface area contributed by atoms with E-state index in [9.17, 15) is 14.7 Å². The van der Waals surface area contributed by atoms with Crippen LogP contribution in [0.4, 0.5) is 0 Å². The zero-order valence-corrected chi connectivity index (χ0v) is 14.6. The van der Waals surface area contributed by atoms with Gasteiger partial charge in [0.15, 0.2) is 6.10 Å². The highest BCUT2D eigenvalue weighted by Gasteiger charge is 2.46. The maximum atomic E-state index is 12.8. The first-order valence-electron chi connectivity index (χ1n) is 8.32. The van der Waals surface area contributed by atoms with E-state index in [1.165, 1.54) is 22.7 Å². The van der Waals surface area contributed by atoms with Crippen LogP contribution >= 0.6 is 11.8 Å². The van der Waals surface area contributed by atoms with Gasteiger partial charge in [-0.3, -0.25) is 9.69 Å². The standard InChI is InChI=1S/C20H17NO4S/c22-16-12-17-21(16)15(11-18(23)26-17)20(24)25-19(13-7-3-1-4-8-13)14-9-5-2-6-10-14/h1-11,17-19,23H,12H2/t17-,18?/m1/s1. The molecule has 0 saturated carbocycles. The van der Waals surface area contributed by atoms with Crippen molar-refractivity contribution in [1.82, 2.24) is 4.90 Å². The summed E-state index contributed by atoms with van der Waals surface area (Å²) in [4.78, 5) is 26.1. The second-order valence-corrected chi connectivity index (χ2v) is 7.41. The smallest absolute Gasteiger partial charge is 0.355 e. The minimum atomic E-state index is -0.821. The summed E-state index contributed by atoms with van der Waals surface area (Å²) in [7, 11) is 0. The van der Waals surface area contributed by atoms with Gasteiger partial charge < -0.3 is 9.84 Å². The molecule has 1 amide bonds. The van der Waals surface area contributed by atoms with Gasteiger partial charge in [-0.25, -0.2) is 4.79 Å². The first-order chi connectivity index (χ1) is 12.6. The number of hydrogen-bond donors (Lipinski definition) is 1. The lowest BCUT2D eigenvalue weighted by Gasteiger charge is -2.43. The van der Waals surface area contributed by atoms with Gasteiger partial charge in [0.05, 0.1) is 11.8 Å². The minimum Gasteiger partial charge on any atom is -0.448 e. The van der Waals surface area contributed by atoms with Crippen LogP contribution < -0.4 is 0 Å². The second kappa shape index (κ2) is 6.97. The summed E-state index contributed by atoms with van der Waals surface area (Å²) in [6, 6.07) is 18.9. The lowest BCUT2D eigenvalue weighted by atomic mass is 10.0. The van der Waals surface area contributed by atoms with Crippen LogP contribution in [0, 0.1) is 0 Å². The molecule has 0 aromatic heterocycles. The predicted octanol–water partition coefficient (Wildman–Crippen LogP) is 2.83. The highest BCUT2D eigenvalue weighted by atomic mass is 32.2. The topological polar surface area (TPSA) is 66.8 Å². The number of amides is 1. The molecule has 5 nitrogen and oxygen atoms in total. The summed E-state index contributed by atoms with van der Waals surface area (Å²) in [6.07, 6.45) is 1.12. The summed E-state index contributed by atoms with van der Waals surface area (Å²) >= 11 is 1.25. The molecular weight excluding hydrogens is 350 g/mol. The molecule has 0 aliphatic carbocycles. The Morgan fingerprint density at radius 3 is 2.19 bits per heavy atom. The van der Waals surface area contributed by atoms with Gasteiger partial charge in [-0.2, -0.15) is 0 Å². The van der Waals surface area contributed by atoms with Crippen molar-refractivity contribution in [3.05, 3.63) is 83.6 Å². The lowest BCUT2D eigenvalue weighted by molar-refractivity contribution is -0.151. The molecule has 4 rings (SSSR count). The molecule has 132 valence electrons. The third kappa shape index (κ3) is 3.13. The maximum absolute atomic E-state index is 12.8. The highest BCUT2D eigenvalue weighted by molar-refractivity contribution is 8.00. The van der Waals surface area contributed by atoms with Gasteiger partial charge in [-0.05, 0) is 17.2 Å².